The Hall–Kier alpha value is -3.75. The summed E-state index contributed by atoms with van der Waals surface area (Å²) in [5.41, 5.74) is 0.718. The Kier molecular flexibility index (Phi) is 10.8. The van der Waals surface area contributed by atoms with Crippen molar-refractivity contribution < 1.29 is 42.5 Å². The Balaban J connectivity index is 1.69. The molecule has 1 heterocycles. The normalized spacial score (nSPS) is 13.2. The summed E-state index contributed by atoms with van der Waals surface area (Å²) in [5.74, 6) is 1.34. The first kappa shape index (κ1) is 30.8. The van der Waals surface area contributed by atoms with E-state index in [1.165, 1.54) is 29.6 Å². The number of carbonyl (C=O) groups is 2. The van der Waals surface area contributed by atoms with Crippen LogP contribution in [-0.2, 0) is 16.4 Å². The number of fused-ring (bicyclic) bond motifs is 1. The van der Waals surface area contributed by atoms with Gasteiger partial charge in [0.1, 0.15) is 12.4 Å². The third kappa shape index (κ3) is 8.37. The second-order valence-corrected chi connectivity index (χ2v) is 11.5. The van der Waals surface area contributed by atoms with Crippen LogP contribution in [0.15, 0.2) is 47.4 Å². The lowest BCUT2D eigenvalue weighted by molar-refractivity contribution is -0.0984. The molecule has 2 aromatic carbocycles. The molecule has 0 aliphatic carbocycles. The highest BCUT2D eigenvalue weighted by Crippen LogP contribution is 2.35. The largest absolute Gasteiger partial charge is 0.492 e. The molecule has 220 valence electrons. The zero-order valence-electron chi connectivity index (χ0n) is 22.7. The van der Waals surface area contributed by atoms with Crippen LogP contribution in [0.1, 0.15) is 25.8 Å². The van der Waals surface area contributed by atoms with E-state index in [-0.39, 0.29) is 61.2 Å². The molecule has 1 aliphatic heterocycles. The number of hydrogen-bond donors (Lipinski definition) is 4. The molecule has 0 spiro atoms. The summed E-state index contributed by atoms with van der Waals surface area (Å²) in [6.45, 7) is 4.51. The molecule has 2 aromatic rings. The van der Waals surface area contributed by atoms with E-state index in [1.54, 1.807) is 24.3 Å². The van der Waals surface area contributed by atoms with Crippen LogP contribution in [0.5, 0.6) is 17.2 Å². The Morgan fingerprint density at radius 2 is 1.80 bits per heavy atom. The van der Waals surface area contributed by atoms with Crippen molar-refractivity contribution in [1.82, 2.24) is 20.0 Å². The van der Waals surface area contributed by atoms with Gasteiger partial charge in [0.25, 0.3) is 0 Å². The van der Waals surface area contributed by atoms with Gasteiger partial charge in [-0.1, -0.05) is 26.0 Å². The van der Waals surface area contributed by atoms with E-state index in [4.69, 9.17) is 14.2 Å². The van der Waals surface area contributed by atoms with Crippen LogP contribution in [0.25, 0.3) is 0 Å². The van der Waals surface area contributed by atoms with Gasteiger partial charge in [-0.3, -0.25) is 5.21 Å². The molecule has 40 heavy (non-hydrogen) atoms. The summed E-state index contributed by atoms with van der Waals surface area (Å²) in [5, 5.41) is 25.0. The highest BCUT2D eigenvalue weighted by molar-refractivity contribution is 7.89. The lowest BCUT2D eigenvalue weighted by Gasteiger charge is -2.28. The fraction of sp³-hybridized carbons (Fsp3) is 0.462. The van der Waals surface area contributed by atoms with Gasteiger partial charge in [0.2, 0.25) is 16.8 Å². The quantitative estimate of drug-likeness (QED) is 0.149. The van der Waals surface area contributed by atoms with Gasteiger partial charge in [-0.05, 0) is 48.6 Å². The SMILES string of the molecule is CNC(=O)NCCOc1ccc(CC(CCN(CC(C)C)S(=O)(=O)c2ccc3c(c2)OCO3)N(O)C(=O)O)cc1. The first-order valence-corrected chi connectivity index (χ1v) is 14.2. The summed E-state index contributed by atoms with van der Waals surface area (Å²) in [7, 11) is -2.44. The fourth-order valence-electron chi connectivity index (χ4n) is 4.08. The minimum atomic E-state index is -3.95. The molecule has 0 fully saturated rings. The molecule has 1 aliphatic rings. The fourth-order valence-corrected chi connectivity index (χ4v) is 5.71. The summed E-state index contributed by atoms with van der Waals surface area (Å²) < 4.78 is 44.6. The van der Waals surface area contributed by atoms with E-state index in [0.717, 1.165) is 5.56 Å². The number of amides is 3. The molecule has 13 nitrogen and oxygen atoms in total. The Morgan fingerprint density at radius 1 is 1.10 bits per heavy atom. The summed E-state index contributed by atoms with van der Waals surface area (Å²) in [4.78, 5) is 22.8. The van der Waals surface area contributed by atoms with E-state index in [2.05, 4.69) is 10.6 Å². The average molecular weight is 581 g/mol. The van der Waals surface area contributed by atoms with E-state index >= 15 is 0 Å². The second kappa shape index (κ2) is 14.1. The van der Waals surface area contributed by atoms with Crippen LogP contribution in [0.4, 0.5) is 9.59 Å². The zero-order chi connectivity index (χ0) is 29.3. The van der Waals surface area contributed by atoms with Crippen molar-refractivity contribution in [3.8, 4) is 17.2 Å². The van der Waals surface area contributed by atoms with E-state index in [1.807, 2.05) is 13.8 Å². The van der Waals surface area contributed by atoms with Gasteiger partial charge in [0.05, 0.1) is 17.5 Å². The summed E-state index contributed by atoms with van der Waals surface area (Å²) >= 11 is 0. The highest BCUT2D eigenvalue weighted by atomic mass is 32.2. The number of rotatable bonds is 14. The number of benzene rings is 2. The standard InChI is InChI=1S/C26H36N4O9S/c1-18(2)16-29(40(35,36)22-8-9-23-24(15-22)39-17-38-23)12-10-20(30(34)26(32)33)14-19-4-6-21(7-5-19)37-13-11-28-25(31)27-3/h4-9,15,18,20,34H,10-14,16-17H2,1-3H3,(H,32,33)(H2,27,28,31). The Labute approximate surface area is 233 Å². The van der Waals surface area contributed by atoms with Crippen molar-refractivity contribution in [2.24, 2.45) is 5.92 Å². The first-order chi connectivity index (χ1) is 19.0. The van der Waals surface area contributed by atoms with Gasteiger partial charge in [0, 0.05) is 26.2 Å². The third-order valence-corrected chi connectivity index (χ3v) is 7.94. The molecule has 0 saturated heterocycles. The van der Waals surface area contributed by atoms with Crippen LogP contribution >= 0.6 is 0 Å². The Bertz CT molecular complexity index is 1260. The Morgan fingerprint density at radius 3 is 2.45 bits per heavy atom. The molecule has 3 amide bonds. The van der Waals surface area contributed by atoms with Gasteiger partial charge in [0.15, 0.2) is 11.5 Å². The predicted molar refractivity (Wildman–Crippen MR) is 144 cm³/mol. The van der Waals surface area contributed by atoms with Gasteiger partial charge in [-0.2, -0.15) is 9.37 Å². The predicted octanol–water partition coefficient (Wildman–Crippen LogP) is 2.74. The highest BCUT2D eigenvalue weighted by Gasteiger charge is 2.30. The van der Waals surface area contributed by atoms with Crippen LogP contribution in [0.2, 0.25) is 0 Å². The van der Waals surface area contributed by atoms with Crippen LogP contribution in [0, 0.1) is 5.92 Å². The topological polar surface area (TPSA) is 167 Å². The minimum absolute atomic E-state index is 0.00830. The minimum Gasteiger partial charge on any atom is -0.492 e. The van der Waals surface area contributed by atoms with Crippen molar-refractivity contribution in [3.63, 3.8) is 0 Å². The molecule has 0 saturated carbocycles. The zero-order valence-corrected chi connectivity index (χ0v) is 23.5. The molecule has 1 unspecified atom stereocenters. The third-order valence-electron chi connectivity index (χ3n) is 6.08. The molecular weight excluding hydrogens is 544 g/mol. The van der Waals surface area contributed by atoms with E-state index in [0.29, 0.717) is 23.8 Å². The molecule has 0 bridgehead atoms. The van der Waals surface area contributed by atoms with Crippen LogP contribution in [0.3, 0.4) is 0 Å². The number of urea groups is 1. The van der Waals surface area contributed by atoms with Gasteiger partial charge >= 0.3 is 12.1 Å². The lowest BCUT2D eigenvalue weighted by atomic mass is 10.0. The summed E-state index contributed by atoms with van der Waals surface area (Å²) in [6.07, 6.45) is -1.36. The number of hydroxylamine groups is 2. The molecule has 0 radical (unpaired) electrons. The number of hydrogen-bond acceptors (Lipinski definition) is 8. The number of sulfonamides is 1. The average Bonchev–Trinajstić information content (AvgIpc) is 3.40. The maximum Gasteiger partial charge on any atom is 0.431 e. The van der Waals surface area contributed by atoms with Gasteiger partial charge in [-0.15, -0.1) is 0 Å². The maximum absolute atomic E-state index is 13.5. The van der Waals surface area contributed by atoms with Gasteiger partial charge in [-0.25, -0.2) is 18.0 Å². The first-order valence-electron chi connectivity index (χ1n) is 12.8. The molecule has 4 N–H and O–H groups in total. The molecule has 1 atom stereocenters. The van der Waals surface area contributed by atoms with Crippen molar-refractivity contribution in [2.75, 3.05) is 40.1 Å². The molecular formula is C26H36N4O9S. The van der Waals surface area contributed by atoms with E-state index in [9.17, 15) is 28.3 Å². The van der Waals surface area contributed by atoms with Crippen LogP contribution < -0.4 is 24.8 Å². The number of ether oxygens (including phenoxy) is 3. The number of carboxylic acid groups (broad SMARTS) is 1. The van der Waals surface area contributed by atoms with E-state index < -0.39 is 22.2 Å². The second-order valence-electron chi connectivity index (χ2n) is 9.54. The lowest BCUT2D eigenvalue weighted by Crippen LogP contribution is -2.42. The maximum atomic E-state index is 13.5. The van der Waals surface area contributed by atoms with Crippen molar-refractivity contribution in [3.05, 3.63) is 48.0 Å². The molecule has 3 rings (SSSR count). The number of nitrogens with one attached hydrogen (secondary N) is 2. The monoisotopic (exact) mass is 580 g/mol. The van der Waals surface area contributed by atoms with Crippen molar-refractivity contribution in [1.29, 1.82) is 0 Å². The van der Waals surface area contributed by atoms with Gasteiger partial charge < -0.3 is 30.0 Å². The number of nitrogens with zero attached hydrogens (tertiary/aromatic N) is 2. The smallest absolute Gasteiger partial charge is 0.431 e. The molecule has 14 heteroatoms. The summed E-state index contributed by atoms with van der Waals surface area (Å²) in [6, 6.07) is 10.0. The molecule has 0 aromatic heterocycles. The number of carbonyl (C=O) groups excluding carboxylic acids is 1. The van der Waals surface area contributed by atoms with Crippen molar-refractivity contribution >= 4 is 22.1 Å². The van der Waals surface area contributed by atoms with Crippen molar-refractivity contribution in [2.45, 2.75) is 37.6 Å². The van der Waals surface area contributed by atoms with Crippen LogP contribution in [-0.4, -0.2) is 86.3 Å².